The van der Waals surface area contributed by atoms with Gasteiger partial charge < -0.3 is 0 Å². The molecule has 23 heavy (non-hydrogen) atoms. The Bertz CT molecular complexity index is 990. The fraction of sp³-hybridized carbons (Fsp3) is 0.0714. The number of para-hydroxylation sites is 1. The highest BCUT2D eigenvalue weighted by Gasteiger charge is 2.37. The first-order chi connectivity index (χ1) is 11.4. The van der Waals surface area contributed by atoms with Gasteiger partial charge in [-0.1, -0.05) is 17.3 Å². The van der Waals surface area contributed by atoms with E-state index in [4.69, 9.17) is 5.26 Å². The molecule has 0 spiro atoms. The number of nitrogens with zero attached hydrogens (tertiary/aromatic N) is 9. The summed E-state index contributed by atoms with van der Waals surface area (Å²) in [6.45, 7) is 0.402. The minimum Gasteiger partial charge on any atom is -0.283 e. The largest absolute Gasteiger partial charge is 0.283 e. The SMILES string of the molecule is N#Cn1cc(N2CN=C3c4ccccc4-n4cncc4N32)nn1. The summed E-state index contributed by atoms with van der Waals surface area (Å²) in [4.78, 5) is 8.90. The number of nitriles is 1. The Kier molecular flexibility index (Phi) is 2.16. The smallest absolute Gasteiger partial charge is 0.207 e. The minimum absolute atomic E-state index is 0.402. The molecule has 9 heteroatoms. The third kappa shape index (κ3) is 1.49. The van der Waals surface area contributed by atoms with E-state index in [0.717, 1.165) is 27.6 Å². The Morgan fingerprint density at radius 2 is 2.13 bits per heavy atom. The maximum absolute atomic E-state index is 8.92. The first kappa shape index (κ1) is 11.9. The van der Waals surface area contributed by atoms with Crippen LogP contribution in [-0.2, 0) is 0 Å². The molecule has 0 saturated heterocycles. The molecule has 0 amide bonds. The van der Waals surface area contributed by atoms with Crippen LogP contribution in [0.4, 0.5) is 11.6 Å². The summed E-state index contributed by atoms with van der Waals surface area (Å²) in [5.41, 5.74) is 2.06. The molecule has 3 aromatic rings. The van der Waals surface area contributed by atoms with Gasteiger partial charge in [-0.25, -0.2) is 20.0 Å². The monoisotopic (exact) mass is 303 g/mol. The van der Waals surface area contributed by atoms with Gasteiger partial charge >= 0.3 is 0 Å². The number of rotatable bonds is 1. The molecular formula is C14H9N9. The molecular weight excluding hydrogens is 294 g/mol. The molecule has 0 radical (unpaired) electrons. The van der Waals surface area contributed by atoms with Crippen LogP contribution in [0.3, 0.4) is 0 Å². The summed E-state index contributed by atoms with van der Waals surface area (Å²) in [5.74, 6) is 2.25. The number of imidazole rings is 1. The summed E-state index contributed by atoms with van der Waals surface area (Å²) in [6.07, 6.45) is 7.03. The molecule has 0 aliphatic carbocycles. The standard InChI is InChI=1S/C14H9N9/c15-7-20-6-12(18-19-20)22-9-17-14-10-3-1-2-4-11(10)21-8-16-5-13(21)23(14)22/h1-6,8H,9H2. The maximum atomic E-state index is 8.92. The number of hydrogen-bond acceptors (Lipinski definition) is 7. The quantitative estimate of drug-likeness (QED) is 0.659. The van der Waals surface area contributed by atoms with Gasteiger partial charge in [0.1, 0.15) is 13.0 Å². The predicted octanol–water partition coefficient (Wildman–Crippen LogP) is 0.752. The van der Waals surface area contributed by atoms with Crippen LogP contribution >= 0.6 is 0 Å². The van der Waals surface area contributed by atoms with Crippen LogP contribution in [0.25, 0.3) is 5.69 Å². The fourth-order valence-corrected chi connectivity index (χ4v) is 2.91. The highest BCUT2D eigenvalue weighted by Crippen LogP contribution is 2.35. The van der Waals surface area contributed by atoms with Crippen molar-refractivity contribution in [1.82, 2.24) is 24.5 Å². The normalized spacial score (nSPS) is 14.8. The second-order valence-electron chi connectivity index (χ2n) is 5.09. The molecule has 2 aromatic heterocycles. The predicted molar refractivity (Wildman–Crippen MR) is 81.0 cm³/mol. The Morgan fingerprint density at radius 1 is 1.22 bits per heavy atom. The Morgan fingerprint density at radius 3 is 3.00 bits per heavy atom. The summed E-state index contributed by atoms with van der Waals surface area (Å²) in [5, 5.41) is 20.5. The summed E-state index contributed by atoms with van der Waals surface area (Å²) >= 11 is 0. The second-order valence-corrected chi connectivity index (χ2v) is 5.09. The number of benzene rings is 1. The molecule has 0 atom stereocenters. The van der Waals surface area contributed by atoms with Crippen LogP contribution in [0.15, 0.2) is 48.0 Å². The van der Waals surface area contributed by atoms with Crippen LogP contribution < -0.4 is 10.0 Å². The van der Waals surface area contributed by atoms with E-state index < -0.39 is 0 Å². The van der Waals surface area contributed by atoms with Crippen molar-refractivity contribution in [1.29, 1.82) is 5.26 Å². The number of aromatic nitrogens is 5. The van der Waals surface area contributed by atoms with Gasteiger partial charge in [0.25, 0.3) is 0 Å². The number of amidine groups is 1. The molecule has 4 heterocycles. The third-order valence-corrected chi connectivity index (χ3v) is 3.89. The van der Waals surface area contributed by atoms with E-state index in [1.165, 1.54) is 0 Å². The van der Waals surface area contributed by atoms with E-state index in [2.05, 4.69) is 20.3 Å². The van der Waals surface area contributed by atoms with Gasteiger partial charge in [0.15, 0.2) is 17.5 Å². The molecule has 0 saturated carbocycles. The van der Waals surface area contributed by atoms with Crippen molar-refractivity contribution in [2.75, 3.05) is 16.7 Å². The molecule has 0 bridgehead atoms. The zero-order valence-electron chi connectivity index (χ0n) is 11.8. The summed E-state index contributed by atoms with van der Waals surface area (Å²) < 4.78 is 3.11. The van der Waals surface area contributed by atoms with Crippen molar-refractivity contribution in [2.24, 2.45) is 4.99 Å². The van der Waals surface area contributed by atoms with Crippen molar-refractivity contribution in [3.63, 3.8) is 0 Å². The van der Waals surface area contributed by atoms with Gasteiger partial charge in [-0.2, -0.15) is 9.94 Å². The highest BCUT2D eigenvalue weighted by atomic mass is 15.7. The lowest BCUT2D eigenvalue weighted by Gasteiger charge is -2.33. The van der Waals surface area contributed by atoms with E-state index in [1.807, 2.05) is 45.0 Å². The molecule has 2 aliphatic rings. The Hall–Kier alpha value is -3.67. The van der Waals surface area contributed by atoms with E-state index in [0.29, 0.717) is 12.5 Å². The molecule has 2 aliphatic heterocycles. The van der Waals surface area contributed by atoms with Crippen molar-refractivity contribution in [3.05, 3.63) is 48.5 Å². The molecule has 0 N–H and O–H groups in total. The van der Waals surface area contributed by atoms with Crippen LogP contribution in [0, 0.1) is 11.5 Å². The average Bonchev–Trinajstić information content (AvgIpc) is 3.32. The highest BCUT2D eigenvalue weighted by molar-refractivity contribution is 6.16. The number of fused-ring (bicyclic) bond motifs is 6. The van der Waals surface area contributed by atoms with Crippen molar-refractivity contribution < 1.29 is 0 Å². The Balaban J connectivity index is 1.68. The van der Waals surface area contributed by atoms with Crippen molar-refractivity contribution >= 4 is 17.5 Å². The molecule has 9 nitrogen and oxygen atoms in total. The summed E-state index contributed by atoms with van der Waals surface area (Å²) in [6, 6.07) is 8.04. The first-order valence-corrected chi connectivity index (χ1v) is 6.93. The van der Waals surface area contributed by atoms with Gasteiger partial charge in [-0.3, -0.25) is 4.57 Å². The van der Waals surface area contributed by atoms with Gasteiger partial charge in [0, 0.05) is 5.56 Å². The number of anilines is 2. The van der Waals surface area contributed by atoms with Gasteiger partial charge in [0.05, 0.1) is 18.1 Å². The van der Waals surface area contributed by atoms with Gasteiger partial charge in [-0.05, 0) is 12.1 Å². The number of hydrogen-bond donors (Lipinski definition) is 0. The van der Waals surface area contributed by atoms with Crippen LogP contribution in [0.1, 0.15) is 5.56 Å². The average molecular weight is 303 g/mol. The zero-order valence-corrected chi connectivity index (χ0v) is 11.8. The van der Waals surface area contributed by atoms with Crippen LogP contribution in [-0.4, -0.2) is 37.0 Å². The van der Waals surface area contributed by atoms with Crippen LogP contribution in [0.5, 0.6) is 0 Å². The molecule has 5 rings (SSSR count). The lowest BCUT2D eigenvalue weighted by molar-refractivity contribution is 0.803. The topological polar surface area (TPSA) is 91.2 Å². The van der Waals surface area contributed by atoms with E-state index in [-0.39, 0.29) is 0 Å². The fourth-order valence-electron chi connectivity index (χ4n) is 2.91. The van der Waals surface area contributed by atoms with Gasteiger partial charge in [-0.15, -0.1) is 5.10 Å². The zero-order chi connectivity index (χ0) is 15.4. The first-order valence-electron chi connectivity index (χ1n) is 6.93. The Labute approximate surface area is 130 Å². The maximum Gasteiger partial charge on any atom is 0.207 e. The van der Waals surface area contributed by atoms with Crippen LogP contribution in [0.2, 0.25) is 0 Å². The molecule has 1 aromatic carbocycles. The lowest BCUT2D eigenvalue weighted by atomic mass is 10.1. The number of aliphatic imine (C=N–C) groups is 1. The van der Waals surface area contributed by atoms with E-state index in [1.54, 1.807) is 18.7 Å². The number of hydrazine groups is 1. The lowest BCUT2D eigenvalue weighted by Crippen LogP contribution is -2.45. The minimum atomic E-state index is 0.402. The molecule has 0 fully saturated rings. The molecule has 110 valence electrons. The van der Waals surface area contributed by atoms with E-state index in [9.17, 15) is 0 Å². The molecule has 0 unspecified atom stereocenters. The van der Waals surface area contributed by atoms with Crippen molar-refractivity contribution in [2.45, 2.75) is 0 Å². The second kappa shape index (κ2) is 4.17. The van der Waals surface area contributed by atoms with E-state index >= 15 is 0 Å². The summed E-state index contributed by atoms with van der Waals surface area (Å²) in [7, 11) is 0. The van der Waals surface area contributed by atoms with Gasteiger partial charge in [0.2, 0.25) is 6.19 Å². The van der Waals surface area contributed by atoms with Crippen molar-refractivity contribution in [3.8, 4) is 11.9 Å². The third-order valence-electron chi connectivity index (χ3n) is 3.89.